The molecule has 2 fully saturated rings. The summed E-state index contributed by atoms with van der Waals surface area (Å²) in [6.07, 6.45) is 5.50. The zero-order valence-corrected chi connectivity index (χ0v) is 13.3. The third kappa shape index (κ3) is 3.50. The monoisotopic (exact) mass is 269 g/mol. The summed E-state index contributed by atoms with van der Waals surface area (Å²) in [5.41, 5.74) is -1.04. The summed E-state index contributed by atoms with van der Waals surface area (Å²) in [6.45, 7) is 11.6. The average molecular weight is 269 g/mol. The molecule has 3 nitrogen and oxygen atoms in total. The Hall–Kier alpha value is -0.120. The van der Waals surface area contributed by atoms with Crippen molar-refractivity contribution in [1.82, 2.24) is 5.32 Å². The molecule has 2 heterocycles. The molecule has 0 aromatic rings. The number of piperidine rings is 1. The Balaban J connectivity index is 2.05. The van der Waals surface area contributed by atoms with Crippen molar-refractivity contribution in [2.24, 2.45) is 5.92 Å². The van der Waals surface area contributed by atoms with E-state index in [2.05, 4.69) is 33.0 Å². The molecule has 2 saturated heterocycles. The zero-order chi connectivity index (χ0) is 14.3. The van der Waals surface area contributed by atoms with Crippen molar-refractivity contribution < 1.29 is 9.84 Å². The molecule has 0 radical (unpaired) electrons. The fourth-order valence-corrected chi connectivity index (χ4v) is 4.27. The fourth-order valence-electron chi connectivity index (χ4n) is 4.27. The van der Waals surface area contributed by atoms with Crippen LogP contribution in [-0.2, 0) is 4.74 Å². The van der Waals surface area contributed by atoms with Gasteiger partial charge in [0.05, 0.1) is 16.8 Å². The lowest BCUT2D eigenvalue weighted by atomic mass is 9.72. The number of rotatable bonds is 3. The first kappa shape index (κ1) is 15.3. The number of aliphatic hydroxyl groups is 1. The van der Waals surface area contributed by atoms with E-state index in [4.69, 9.17) is 4.74 Å². The molecule has 0 aromatic carbocycles. The van der Waals surface area contributed by atoms with Crippen molar-refractivity contribution >= 4 is 0 Å². The van der Waals surface area contributed by atoms with Gasteiger partial charge in [0.15, 0.2) is 0 Å². The first-order valence-electron chi connectivity index (χ1n) is 7.78. The molecule has 19 heavy (non-hydrogen) atoms. The Kier molecular flexibility index (Phi) is 4.03. The van der Waals surface area contributed by atoms with Crippen LogP contribution in [0.5, 0.6) is 0 Å². The minimum Gasteiger partial charge on any atom is -0.390 e. The average Bonchev–Trinajstić information content (AvgIpc) is 2.48. The van der Waals surface area contributed by atoms with Crippen LogP contribution in [-0.4, -0.2) is 34.5 Å². The normalized spacial score (nSPS) is 36.9. The topological polar surface area (TPSA) is 41.5 Å². The number of hydrogen-bond donors (Lipinski definition) is 2. The lowest BCUT2D eigenvalue weighted by molar-refractivity contribution is -0.112. The first-order valence-corrected chi connectivity index (χ1v) is 7.78. The highest BCUT2D eigenvalue weighted by Gasteiger charge is 2.53. The molecule has 2 rings (SSSR count). The van der Waals surface area contributed by atoms with Crippen LogP contribution in [0.3, 0.4) is 0 Å². The van der Waals surface area contributed by atoms with Crippen LogP contribution in [0.4, 0.5) is 0 Å². The van der Waals surface area contributed by atoms with Gasteiger partial charge in [0.25, 0.3) is 0 Å². The zero-order valence-electron chi connectivity index (χ0n) is 13.3. The Morgan fingerprint density at radius 2 is 1.95 bits per heavy atom. The van der Waals surface area contributed by atoms with Crippen LogP contribution in [0.25, 0.3) is 0 Å². The molecule has 0 spiro atoms. The Labute approximate surface area is 118 Å². The van der Waals surface area contributed by atoms with Crippen LogP contribution in [0, 0.1) is 5.92 Å². The van der Waals surface area contributed by atoms with E-state index in [0.29, 0.717) is 6.04 Å². The summed E-state index contributed by atoms with van der Waals surface area (Å²) in [7, 11) is 0. The summed E-state index contributed by atoms with van der Waals surface area (Å²) in [5.74, 6) is 0.193. The molecule has 0 aliphatic carbocycles. The van der Waals surface area contributed by atoms with Gasteiger partial charge in [-0.25, -0.2) is 0 Å². The molecular formula is C16H31NO2. The maximum atomic E-state index is 11.0. The number of hydrogen-bond acceptors (Lipinski definition) is 3. The second-order valence-electron chi connectivity index (χ2n) is 7.93. The largest absolute Gasteiger partial charge is 0.390 e. The van der Waals surface area contributed by atoms with E-state index in [9.17, 15) is 5.11 Å². The van der Waals surface area contributed by atoms with Crippen LogP contribution < -0.4 is 5.32 Å². The quantitative estimate of drug-likeness (QED) is 0.828. The van der Waals surface area contributed by atoms with Crippen molar-refractivity contribution in [2.75, 3.05) is 6.54 Å². The van der Waals surface area contributed by atoms with Gasteiger partial charge in [-0.05, 0) is 66.8 Å². The lowest BCUT2D eigenvalue weighted by Crippen LogP contribution is -2.49. The number of nitrogens with one attached hydrogen (secondary N) is 1. The molecule has 2 N–H and O–H groups in total. The van der Waals surface area contributed by atoms with E-state index in [-0.39, 0.29) is 17.1 Å². The predicted molar refractivity (Wildman–Crippen MR) is 78.2 cm³/mol. The summed E-state index contributed by atoms with van der Waals surface area (Å²) in [6, 6.07) is 0.461. The molecule has 3 atom stereocenters. The van der Waals surface area contributed by atoms with Crippen LogP contribution in [0.2, 0.25) is 0 Å². The molecular weight excluding hydrogens is 238 g/mol. The summed E-state index contributed by atoms with van der Waals surface area (Å²) < 4.78 is 6.14. The van der Waals surface area contributed by atoms with E-state index in [1.54, 1.807) is 0 Å². The predicted octanol–water partition coefficient (Wildman–Crippen LogP) is 2.86. The Bertz CT molecular complexity index is 317. The molecule has 2 aliphatic rings. The van der Waals surface area contributed by atoms with E-state index < -0.39 is 5.60 Å². The minimum atomic E-state index is -0.660. The second kappa shape index (κ2) is 5.01. The summed E-state index contributed by atoms with van der Waals surface area (Å²) in [5, 5.41) is 14.6. The van der Waals surface area contributed by atoms with Crippen LogP contribution in [0.15, 0.2) is 0 Å². The van der Waals surface area contributed by atoms with Gasteiger partial charge in [-0.1, -0.05) is 6.42 Å². The first-order chi connectivity index (χ1) is 8.62. The van der Waals surface area contributed by atoms with Gasteiger partial charge in [0, 0.05) is 12.0 Å². The highest BCUT2D eigenvalue weighted by Crippen LogP contribution is 2.48. The standard InChI is InChI=1S/C16H31NO2/c1-14(2)11-13(15(3,4)19-14)16(5,18)10-12-8-6-7-9-17-12/h12-13,17-18H,6-11H2,1-5H3. The van der Waals surface area contributed by atoms with Crippen molar-refractivity contribution in [3.8, 4) is 0 Å². The van der Waals surface area contributed by atoms with Gasteiger partial charge in [-0.15, -0.1) is 0 Å². The molecule has 0 bridgehead atoms. The molecule has 0 aromatic heterocycles. The number of ether oxygens (including phenoxy) is 1. The van der Waals surface area contributed by atoms with Crippen molar-refractivity contribution in [1.29, 1.82) is 0 Å². The molecule has 3 unspecified atom stereocenters. The Morgan fingerprint density at radius 1 is 1.26 bits per heavy atom. The van der Waals surface area contributed by atoms with E-state index >= 15 is 0 Å². The van der Waals surface area contributed by atoms with Gasteiger partial charge in [-0.2, -0.15) is 0 Å². The molecule has 2 aliphatic heterocycles. The van der Waals surface area contributed by atoms with E-state index in [1.807, 2.05) is 6.92 Å². The van der Waals surface area contributed by atoms with Gasteiger partial charge >= 0.3 is 0 Å². The maximum absolute atomic E-state index is 11.0. The molecule has 0 amide bonds. The lowest BCUT2D eigenvalue weighted by Gasteiger charge is -2.40. The third-order valence-electron chi connectivity index (χ3n) is 4.90. The molecule has 0 saturated carbocycles. The van der Waals surface area contributed by atoms with E-state index in [1.165, 1.54) is 19.3 Å². The van der Waals surface area contributed by atoms with Gasteiger partial charge in [0.2, 0.25) is 0 Å². The second-order valence-corrected chi connectivity index (χ2v) is 7.93. The van der Waals surface area contributed by atoms with Gasteiger partial charge < -0.3 is 15.2 Å². The van der Waals surface area contributed by atoms with Gasteiger partial charge in [0.1, 0.15) is 0 Å². The molecule has 112 valence electrons. The highest BCUT2D eigenvalue weighted by atomic mass is 16.5. The summed E-state index contributed by atoms with van der Waals surface area (Å²) in [4.78, 5) is 0. The smallest absolute Gasteiger partial charge is 0.0691 e. The SMILES string of the molecule is CC1(C)CC(C(C)(O)CC2CCCCN2)C(C)(C)O1. The third-order valence-corrected chi connectivity index (χ3v) is 4.90. The highest BCUT2D eigenvalue weighted by molar-refractivity contribution is 5.03. The Morgan fingerprint density at radius 3 is 2.42 bits per heavy atom. The van der Waals surface area contributed by atoms with Crippen molar-refractivity contribution in [2.45, 2.75) is 89.6 Å². The van der Waals surface area contributed by atoms with Crippen LogP contribution >= 0.6 is 0 Å². The summed E-state index contributed by atoms with van der Waals surface area (Å²) >= 11 is 0. The van der Waals surface area contributed by atoms with Crippen molar-refractivity contribution in [3.05, 3.63) is 0 Å². The fraction of sp³-hybridized carbons (Fsp3) is 1.00. The minimum absolute atomic E-state index is 0.127. The van der Waals surface area contributed by atoms with E-state index in [0.717, 1.165) is 19.4 Å². The van der Waals surface area contributed by atoms with Crippen LogP contribution in [0.1, 0.15) is 66.7 Å². The van der Waals surface area contributed by atoms with Gasteiger partial charge in [-0.3, -0.25) is 0 Å². The van der Waals surface area contributed by atoms with Crippen molar-refractivity contribution in [3.63, 3.8) is 0 Å². The maximum Gasteiger partial charge on any atom is 0.0691 e. The molecule has 3 heteroatoms.